The lowest BCUT2D eigenvalue weighted by molar-refractivity contribution is -0.343. The molecule has 0 heterocycles. The molecule has 0 fully saturated rings. The van der Waals surface area contributed by atoms with Gasteiger partial charge in [-0.1, -0.05) is 6.92 Å². The Hall–Kier alpha value is -1.31. The topological polar surface area (TPSA) is 72.8 Å². The van der Waals surface area contributed by atoms with Crippen LogP contribution in [0, 0.1) is 5.41 Å². The second-order valence-corrected chi connectivity index (χ2v) is 6.55. The van der Waals surface area contributed by atoms with Crippen molar-refractivity contribution in [2.45, 2.75) is 71.9 Å². The van der Waals surface area contributed by atoms with Crippen molar-refractivity contribution < 1.29 is 37.3 Å². The van der Waals surface area contributed by atoms with E-state index in [4.69, 9.17) is 9.84 Å². The lowest BCUT2D eigenvalue weighted by Crippen LogP contribution is -2.47. The van der Waals surface area contributed by atoms with Crippen molar-refractivity contribution in [2.75, 3.05) is 0 Å². The van der Waals surface area contributed by atoms with Crippen molar-refractivity contribution in [1.29, 1.82) is 0 Å². The Morgan fingerprint density at radius 1 is 1.00 bits per heavy atom. The van der Waals surface area contributed by atoms with Gasteiger partial charge in [0.1, 0.15) is 5.60 Å². The van der Waals surface area contributed by atoms with Gasteiger partial charge in [0.15, 0.2) is 0 Å². The third-order valence-electron chi connectivity index (χ3n) is 3.05. The molecule has 1 N–H and O–H groups in total. The van der Waals surface area contributed by atoms with Crippen molar-refractivity contribution in [2.24, 2.45) is 5.41 Å². The number of rotatable bonds is 5. The molecule has 5 nitrogen and oxygen atoms in total. The van der Waals surface area contributed by atoms with Gasteiger partial charge in [0.05, 0.1) is 11.8 Å². The maximum absolute atomic E-state index is 12.5. The Morgan fingerprint density at radius 3 is 1.77 bits per heavy atom. The minimum atomic E-state index is -5.13. The molecule has 0 saturated heterocycles. The quantitative estimate of drug-likeness (QED) is 0.620. The average molecular weight is 328 g/mol. The Bertz CT molecular complexity index is 423. The van der Waals surface area contributed by atoms with Gasteiger partial charge >= 0.3 is 23.9 Å². The van der Waals surface area contributed by atoms with Crippen molar-refractivity contribution >= 4 is 11.9 Å². The number of alkyl halides is 3. The summed E-state index contributed by atoms with van der Waals surface area (Å²) in [5.74, 6) is -5.66. The van der Waals surface area contributed by atoms with Gasteiger partial charge in [-0.2, -0.15) is 13.2 Å². The molecular weight excluding hydrogens is 305 g/mol. The van der Waals surface area contributed by atoms with Crippen LogP contribution in [-0.4, -0.2) is 34.6 Å². The Morgan fingerprint density at radius 2 is 1.45 bits per heavy atom. The van der Waals surface area contributed by atoms with E-state index in [1.54, 1.807) is 27.7 Å². The summed E-state index contributed by atoms with van der Waals surface area (Å²) in [6.07, 6.45) is -5.60. The van der Waals surface area contributed by atoms with E-state index in [1.807, 2.05) is 0 Å². The van der Waals surface area contributed by atoms with Crippen molar-refractivity contribution in [3.05, 3.63) is 0 Å². The monoisotopic (exact) mass is 328 g/mol. The molecule has 0 aromatic rings. The number of halogens is 3. The minimum Gasteiger partial charge on any atom is -0.460 e. The van der Waals surface area contributed by atoms with Gasteiger partial charge in [0.25, 0.3) is 0 Å². The second kappa shape index (κ2) is 6.44. The number of hydrogen-bond acceptors (Lipinski definition) is 5. The van der Waals surface area contributed by atoms with Gasteiger partial charge in [0, 0.05) is 6.92 Å². The molecule has 2 unspecified atom stereocenters. The first-order valence-corrected chi connectivity index (χ1v) is 6.78. The first-order valence-electron chi connectivity index (χ1n) is 6.78. The van der Waals surface area contributed by atoms with Crippen molar-refractivity contribution in [3.8, 4) is 0 Å². The molecule has 22 heavy (non-hydrogen) atoms. The molecule has 0 saturated carbocycles. The lowest BCUT2D eigenvalue weighted by atomic mass is 9.84. The maximum Gasteiger partial charge on any atom is 0.455 e. The van der Waals surface area contributed by atoms with Crippen LogP contribution in [0.25, 0.3) is 0 Å². The zero-order valence-corrected chi connectivity index (χ0v) is 13.6. The fourth-order valence-corrected chi connectivity index (χ4v) is 1.38. The Kier molecular flexibility index (Phi) is 6.05. The third-order valence-corrected chi connectivity index (χ3v) is 3.05. The molecule has 2 atom stereocenters. The Balaban J connectivity index is 5.01. The predicted molar refractivity (Wildman–Crippen MR) is 71.6 cm³/mol. The van der Waals surface area contributed by atoms with E-state index in [0.29, 0.717) is 6.92 Å². The summed E-state index contributed by atoms with van der Waals surface area (Å²) >= 11 is 0. The summed E-state index contributed by atoms with van der Waals surface area (Å²) in [7, 11) is 0. The summed E-state index contributed by atoms with van der Waals surface area (Å²) in [5.41, 5.74) is -2.14. The highest BCUT2D eigenvalue weighted by Gasteiger charge is 2.54. The van der Waals surface area contributed by atoms with Crippen LogP contribution in [0.3, 0.4) is 0 Å². The molecule has 0 spiro atoms. The van der Waals surface area contributed by atoms with Crippen LogP contribution in [0.15, 0.2) is 0 Å². The SMILES string of the molecule is CCC(C)(CC(=O)OC(C)(O)C(F)(F)F)C(=O)OC(C)(C)C. The molecule has 0 bridgehead atoms. The number of carbonyl (C=O) groups excluding carboxylic acids is 2. The van der Waals surface area contributed by atoms with Gasteiger partial charge in [0.2, 0.25) is 0 Å². The normalized spacial score (nSPS) is 18.1. The summed E-state index contributed by atoms with van der Waals surface area (Å²) in [6, 6.07) is 0. The highest BCUT2D eigenvalue weighted by Crippen LogP contribution is 2.34. The van der Waals surface area contributed by atoms with E-state index >= 15 is 0 Å². The third kappa shape index (κ3) is 5.82. The molecule has 0 aromatic heterocycles. The average Bonchev–Trinajstić information content (AvgIpc) is 2.23. The second-order valence-electron chi connectivity index (χ2n) is 6.55. The van der Waals surface area contributed by atoms with E-state index in [-0.39, 0.29) is 6.42 Å². The molecule has 130 valence electrons. The minimum absolute atomic E-state index is 0.158. The molecule has 0 aliphatic rings. The fraction of sp³-hybridized carbons (Fsp3) is 0.857. The summed E-state index contributed by atoms with van der Waals surface area (Å²) < 4.78 is 46.6. The maximum atomic E-state index is 12.5. The molecule has 0 aliphatic carbocycles. The molecule has 0 aliphatic heterocycles. The Labute approximate surface area is 127 Å². The van der Waals surface area contributed by atoms with Gasteiger partial charge < -0.3 is 14.6 Å². The van der Waals surface area contributed by atoms with Gasteiger partial charge in [-0.25, -0.2) is 0 Å². The van der Waals surface area contributed by atoms with Gasteiger partial charge in [-0.15, -0.1) is 0 Å². The van der Waals surface area contributed by atoms with Crippen molar-refractivity contribution in [1.82, 2.24) is 0 Å². The number of hydrogen-bond donors (Lipinski definition) is 1. The molecule has 8 heteroatoms. The van der Waals surface area contributed by atoms with E-state index in [0.717, 1.165) is 0 Å². The number of ether oxygens (including phenoxy) is 2. The molecule has 0 aromatic carbocycles. The predicted octanol–water partition coefficient (Wildman–Crippen LogP) is 2.95. The van der Waals surface area contributed by atoms with Crippen LogP contribution in [0.5, 0.6) is 0 Å². The zero-order chi connectivity index (χ0) is 18.0. The summed E-state index contributed by atoms with van der Waals surface area (Å²) in [6.45, 7) is 8.21. The van der Waals surface area contributed by atoms with Crippen LogP contribution in [-0.2, 0) is 19.1 Å². The highest BCUT2D eigenvalue weighted by atomic mass is 19.4. The molecular formula is C14H23F3O5. The largest absolute Gasteiger partial charge is 0.460 e. The van der Waals surface area contributed by atoms with Crippen LogP contribution in [0.2, 0.25) is 0 Å². The first-order chi connectivity index (χ1) is 9.54. The summed E-state index contributed by atoms with van der Waals surface area (Å²) in [5, 5.41) is 9.13. The van der Waals surface area contributed by atoms with Crippen LogP contribution in [0.4, 0.5) is 13.2 Å². The van der Waals surface area contributed by atoms with Crippen LogP contribution < -0.4 is 0 Å². The van der Waals surface area contributed by atoms with E-state index in [1.165, 1.54) is 6.92 Å². The number of esters is 2. The summed E-state index contributed by atoms with van der Waals surface area (Å²) in [4.78, 5) is 23.8. The first kappa shape index (κ1) is 20.7. The van der Waals surface area contributed by atoms with Gasteiger partial charge in [-0.3, -0.25) is 9.59 Å². The molecule has 0 radical (unpaired) electrons. The number of carbonyl (C=O) groups is 2. The molecule has 0 amide bonds. The zero-order valence-electron chi connectivity index (χ0n) is 13.6. The van der Waals surface area contributed by atoms with Gasteiger partial charge in [-0.05, 0) is 34.1 Å². The van der Waals surface area contributed by atoms with E-state index < -0.39 is 41.3 Å². The van der Waals surface area contributed by atoms with Crippen LogP contribution >= 0.6 is 0 Å². The number of aliphatic hydroxyl groups is 1. The van der Waals surface area contributed by atoms with Crippen molar-refractivity contribution in [3.63, 3.8) is 0 Å². The van der Waals surface area contributed by atoms with Crippen LogP contribution in [0.1, 0.15) is 54.4 Å². The molecule has 0 rings (SSSR count). The van der Waals surface area contributed by atoms with E-state index in [2.05, 4.69) is 4.74 Å². The van der Waals surface area contributed by atoms with E-state index in [9.17, 15) is 22.8 Å². The smallest absolute Gasteiger partial charge is 0.455 e. The highest BCUT2D eigenvalue weighted by molar-refractivity contribution is 5.83. The lowest BCUT2D eigenvalue weighted by Gasteiger charge is -2.31. The fourth-order valence-electron chi connectivity index (χ4n) is 1.38. The standard InChI is InChI=1S/C14H23F3O5/c1-7-12(5,10(19)22-11(2,3)4)8-9(18)21-13(6,20)14(15,16)17/h20H,7-8H2,1-6H3.